The van der Waals surface area contributed by atoms with Gasteiger partial charge in [-0.2, -0.15) is 10.4 Å². The molecule has 35 heavy (non-hydrogen) atoms. The Labute approximate surface area is 206 Å². The Morgan fingerprint density at radius 2 is 2.11 bits per heavy atom. The molecule has 0 unspecified atom stereocenters. The van der Waals surface area contributed by atoms with Crippen molar-refractivity contribution in [3.63, 3.8) is 0 Å². The van der Waals surface area contributed by atoms with Gasteiger partial charge in [-0.1, -0.05) is 11.6 Å². The molecule has 1 amide bonds. The van der Waals surface area contributed by atoms with Crippen LogP contribution in [-0.2, 0) is 7.05 Å². The van der Waals surface area contributed by atoms with E-state index in [2.05, 4.69) is 10.1 Å². The molecule has 3 heterocycles. The summed E-state index contributed by atoms with van der Waals surface area (Å²) in [5, 5.41) is 14.8. The summed E-state index contributed by atoms with van der Waals surface area (Å²) < 4.78 is 18.0. The van der Waals surface area contributed by atoms with Gasteiger partial charge in [0.2, 0.25) is 0 Å². The Morgan fingerprint density at radius 1 is 1.31 bits per heavy atom. The topological polar surface area (TPSA) is 106 Å². The third-order valence-electron chi connectivity index (χ3n) is 6.32. The fourth-order valence-electron chi connectivity index (χ4n) is 4.63. The smallest absolute Gasteiger partial charge is 0.274 e. The van der Waals surface area contributed by atoms with Gasteiger partial charge in [0.1, 0.15) is 28.9 Å². The summed E-state index contributed by atoms with van der Waals surface area (Å²) in [5.41, 5.74) is 8.64. The van der Waals surface area contributed by atoms with Gasteiger partial charge < -0.3 is 10.6 Å². The number of fused-ring (bicyclic) bond motifs is 1. The van der Waals surface area contributed by atoms with Crippen molar-refractivity contribution in [2.75, 3.05) is 13.1 Å². The predicted molar refractivity (Wildman–Crippen MR) is 131 cm³/mol. The van der Waals surface area contributed by atoms with Gasteiger partial charge in [0.25, 0.3) is 5.91 Å². The van der Waals surface area contributed by atoms with E-state index in [9.17, 15) is 9.18 Å². The number of carbonyl (C=O) groups excluding carboxylic acids is 1. The van der Waals surface area contributed by atoms with Crippen molar-refractivity contribution >= 4 is 28.4 Å². The van der Waals surface area contributed by atoms with Crippen LogP contribution in [0.1, 0.15) is 34.6 Å². The van der Waals surface area contributed by atoms with Gasteiger partial charge >= 0.3 is 0 Å². The van der Waals surface area contributed by atoms with Gasteiger partial charge in [0.05, 0.1) is 16.3 Å². The number of imidazole rings is 1. The van der Waals surface area contributed by atoms with Crippen LogP contribution in [0, 0.1) is 24.1 Å². The van der Waals surface area contributed by atoms with Gasteiger partial charge in [-0.3, -0.25) is 14.0 Å². The monoisotopic (exact) mass is 491 g/mol. The highest BCUT2D eigenvalue weighted by molar-refractivity contribution is 6.35. The number of benzene rings is 2. The Morgan fingerprint density at radius 3 is 2.83 bits per heavy atom. The lowest BCUT2D eigenvalue weighted by Crippen LogP contribution is -2.46. The van der Waals surface area contributed by atoms with E-state index >= 15 is 0 Å². The summed E-state index contributed by atoms with van der Waals surface area (Å²) in [6.45, 7) is 2.86. The van der Waals surface area contributed by atoms with Crippen molar-refractivity contribution in [2.45, 2.75) is 25.8 Å². The molecule has 2 N–H and O–H groups in total. The van der Waals surface area contributed by atoms with E-state index in [0.717, 1.165) is 18.2 Å². The number of aryl methyl sites for hydroxylation is 1. The first-order valence-corrected chi connectivity index (χ1v) is 11.6. The highest BCUT2D eigenvalue weighted by Gasteiger charge is 2.29. The molecular formula is C25H23ClFN7O. The quantitative estimate of drug-likeness (QED) is 0.467. The summed E-state index contributed by atoms with van der Waals surface area (Å²) in [4.78, 5) is 19.9. The summed E-state index contributed by atoms with van der Waals surface area (Å²) in [7, 11) is 1.81. The second-order valence-corrected chi connectivity index (χ2v) is 9.24. The molecule has 178 valence electrons. The number of piperidine rings is 1. The van der Waals surface area contributed by atoms with Crippen molar-refractivity contribution in [2.24, 2.45) is 12.8 Å². The molecule has 2 aromatic carbocycles. The van der Waals surface area contributed by atoms with Crippen LogP contribution < -0.4 is 5.73 Å². The average Bonchev–Trinajstić information content (AvgIpc) is 3.38. The molecule has 0 spiro atoms. The second-order valence-electron chi connectivity index (χ2n) is 8.83. The van der Waals surface area contributed by atoms with E-state index in [1.807, 2.05) is 25.4 Å². The van der Waals surface area contributed by atoms with Crippen LogP contribution in [0.25, 0.3) is 28.0 Å². The number of hydrogen-bond donors (Lipinski definition) is 1. The lowest BCUT2D eigenvalue weighted by molar-refractivity contribution is 0.0702. The normalized spacial score (nSPS) is 16.0. The largest absolute Gasteiger partial charge is 0.336 e. The van der Waals surface area contributed by atoms with Crippen molar-refractivity contribution in [3.05, 3.63) is 64.3 Å². The molecule has 5 rings (SSSR count). The molecule has 0 bridgehead atoms. The number of amides is 1. The number of nitrogens with zero attached hydrogens (tertiary/aromatic N) is 6. The van der Waals surface area contributed by atoms with E-state index in [0.29, 0.717) is 46.4 Å². The summed E-state index contributed by atoms with van der Waals surface area (Å²) in [5.74, 6) is -0.511. The number of likely N-dealkylation sites (tertiary alicyclic amines) is 1. The minimum atomic E-state index is -0.659. The van der Waals surface area contributed by atoms with Crippen LogP contribution in [0.3, 0.4) is 0 Å². The van der Waals surface area contributed by atoms with E-state index in [4.69, 9.17) is 22.6 Å². The molecular weight excluding hydrogens is 469 g/mol. The number of hydrogen-bond acceptors (Lipinski definition) is 5. The van der Waals surface area contributed by atoms with E-state index in [1.165, 1.54) is 12.1 Å². The van der Waals surface area contributed by atoms with Crippen LogP contribution in [0.4, 0.5) is 4.39 Å². The van der Waals surface area contributed by atoms with E-state index < -0.39 is 5.82 Å². The molecule has 2 aromatic heterocycles. The minimum Gasteiger partial charge on any atom is -0.336 e. The standard InChI is InChI=1S/C25H23ClFN7O/c1-14-22(25(35)33-7-3-4-18(29)13-33)30-24(15-5-6-16(11-28)21(27)9-15)34(14)19-8-17-12-32(2)31-23(17)20(26)10-19/h5-6,8-10,12,18H,3-4,7,13,29H2,1-2H3/t18-/m1/s1. The van der Waals surface area contributed by atoms with E-state index in [1.54, 1.807) is 33.2 Å². The first-order chi connectivity index (χ1) is 16.8. The SMILES string of the molecule is Cc1c(C(=O)N2CCC[C@@H](N)C2)nc(-c2ccc(C#N)c(F)c2)n1-c1cc(Cl)c2nn(C)cc2c1. The molecule has 10 heteroatoms. The Kier molecular flexibility index (Phi) is 5.79. The number of carbonyl (C=O) groups is 1. The fraction of sp³-hybridized carbons (Fsp3) is 0.280. The predicted octanol–water partition coefficient (Wildman–Crippen LogP) is 3.96. The summed E-state index contributed by atoms with van der Waals surface area (Å²) in [6, 6.07) is 9.69. The van der Waals surface area contributed by atoms with Crippen LogP contribution >= 0.6 is 11.6 Å². The average molecular weight is 492 g/mol. The van der Waals surface area contributed by atoms with Crippen LogP contribution in [0.2, 0.25) is 5.02 Å². The fourth-order valence-corrected chi connectivity index (χ4v) is 4.89. The van der Waals surface area contributed by atoms with Gasteiger partial charge in [-0.05, 0) is 50.1 Å². The number of rotatable bonds is 3. The molecule has 1 atom stereocenters. The first-order valence-electron chi connectivity index (χ1n) is 11.2. The number of halogens is 2. The van der Waals surface area contributed by atoms with Crippen molar-refractivity contribution in [1.29, 1.82) is 5.26 Å². The minimum absolute atomic E-state index is 0.0676. The second kappa shape index (κ2) is 8.80. The molecule has 0 radical (unpaired) electrons. The van der Waals surface area contributed by atoms with Crippen molar-refractivity contribution in [1.82, 2.24) is 24.2 Å². The Balaban J connectivity index is 1.71. The number of nitriles is 1. The Hall–Kier alpha value is -3.74. The molecule has 0 saturated carbocycles. The highest BCUT2D eigenvalue weighted by Crippen LogP contribution is 2.32. The third-order valence-corrected chi connectivity index (χ3v) is 6.61. The summed E-state index contributed by atoms with van der Waals surface area (Å²) in [6.07, 6.45) is 3.55. The first kappa shape index (κ1) is 23.0. The lowest BCUT2D eigenvalue weighted by atomic mass is 10.1. The lowest BCUT2D eigenvalue weighted by Gasteiger charge is -2.30. The van der Waals surface area contributed by atoms with Crippen molar-refractivity contribution in [3.8, 4) is 23.1 Å². The molecule has 1 saturated heterocycles. The zero-order valence-corrected chi connectivity index (χ0v) is 20.1. The maximum atomic E-state index is 14.6. The zero-order chi connectivity index (χ0) is 24.9. The highest BCUT2D eigenvalue weighted by atomic mass is 35.5. The van der Waals surface area contributed by atoms with E-state index in [-0.39, 0.29) is 23.2 Å². The maximum absolute atomic E-state index is 14.6. The molecule has 4 aromatic rings. The maximum Gasteiger partial charge on any atom is 0.274 e. The van der Waals surface area contributed by atoms with Gasteiger partial charge in [0.15, 0.2) is 0 Å². The molecule has 1 fully saturated rings. The third kappa shape index (κ3) is 4.05. The van der Waals surface area contributed by atoms with Crippen molar-refractivity contribution < 1.29 is 9.18 Å². The molecule has 1 aliphatic rings. The van der Waals surface area contributed by atoms with Crippen LogP contribution in [0.15, 0.2) is 36.5 Å². The molecule has 0 aliphatic carbocycles. The Bertz CT molecular complexity index is 1520. The number of aromatic nitrogens is 4. The van der Waals surface area contributed by atoms with Gasteiger partial charge in [-0.15, -0.1) is 0 Å². The summed E-state index contributed by atoms with van der Waals surface area (Å²) >= 11 is 6.55. The zero-order valence-electron chi connectivity index (χ0n) is 19.3. The van der Waals surface area contributed by atoms with Crippen LogP contribution in [-0.4, -0.2) is 49.3 Å². The number of nitrogens with two attached hydrogens (primary N) is 1. The molecule has 1 aliphatic heterocycles. The van der Waals surface area contributed by atoms with Gasteiger partial charge in [-0.25, -0.2) is 9.37 Å². The van der Waals surface area contributed by atoms with Crippen LogP contribution in [0.5, 0.6) is 0 Å². The van der Waals surface area contributed by atoms with Gasteiger partial charge in [0, 0.05) is 49.0 Å². The molecule has 8 nitrogen and oxygen atoms in total.